The SMILES string of the molecule is O=C(N/N=C/c1cccc(Br)c1)c1cc2c(s1)CCCC2. The lowest BCUT2D eigenvalue weighted by atomic mass is 9.99. The molecular formula is C16H15BrN2OS. The molecule has 0 radical (unpaired) electrons. The third kappa shape index (κ3) is 3.60. The molecule has 0 unspecified atom stereocenters. The first kappa shape index (κ1) is 14.5. The molecule has 0 spiro atoms. The number of benzene rings is 1. The van der Waals surface area contributed by atoms with Crippen LogP contribution in [0.25, 0.3) is 0 Å². The molecule has 0 atom stereocenters. The first-order valence-corrected chi connectivity index (χ1v) is 8.54. The smallest absolute Gasteiger partial charge is 0.266 e. The molecular weight excluding hydrogens is 348 g/mol. The highest BCUT2D eigenvalue weighted by Crippen LogP contribution is 2.29. The molecule has 0 fully saturated rings. The van der Waals surface area contributed by atoms with Gasteiger partial charge in [-0.25, -0.2) is 5.43 Å². The average Bonchev–Trinajstić information content (AvgIpc) is 2.91. The highest BCUT2D eigenvalue weighted by atomic mass is 79.9. The highest BCUT2D eigenvalue weighted by Gasteiger charge is 2.16. The second-order valence-electron chi connectivity index (χ2n) is 5.02. The van der Waals surface area contributed by atoms with Crippen molar-refractivity contribution in [3.8, 4) is 0 Å². The summed E-state index contributed by atoms with van der Waals surface area (Å²) in [5.41, 5.74) is 4.88. The Hall–Kier alpha value is -1.46. The van der Waals surface area contributed by atoms with Crippen molar-refractivity contribution >= 4 is 39.4 Å². The maximum atomic E-state index is 12.1. The van der Waals surface area contributed by atoms with Crippen molar-refractivity contribution in [3.05, 3.63) is 55.7 Å². The Balaban J connectivity index is 1.65. The van der Waals surface area contributed by atoms with Gasteiger partial charge in [0.25, 0.3) is 5.91 Å². The summed E-state index contributed by atoms with van der Waals surface area (Å²) < 4.78 is 0.990. The van der Waals surface area contributed by atoms with E-state index in [9.17, 15) is 4.79 Å². The zero-order chi connectivity index (χ0) is 14.7. The Bertz CT molecular complexity index is 670. The van der Waals surface area contributed by atoms with Crippen molar-refractivity contribution in [1.82, 2.24) is 5.43 Å². The number of nitrogens with one attached hydrogen (secondary N) is 1. The van der Waals surface area contributed by atoms with Crippen LogP contribution in [0.1, 0.15) is 38.5 Å². The van der Waals surface area contributed by atoms with Crippen LogP contribution in [0.2, 0.25) is 0 Å². The summed E-state index contributed by atoms with van der Waals surface area (Å²) in [4.78, 5) is 14.2. The fraction of sp³-hybridized carbons (Fsp3) is 0.250. The minimum absolute atomic E-state index is 0.124. The molecule has 21 heavy (non-hydrogen) atoms. The number of halogens is 1. The van der Waals surface area contributed by atoms with E-state index in [4.69, 9.17) is 0 Å². The van der Waals surface area contributed by atoms with Crippen molar-refractivity contribution in [2.75, 3.05) is 0 Å². The van der Waals surface area contributed by atoms with Crippen molar-refractivity contribution in [2.24, 2.45) is 5.10 Å². The van der Waals surface area contributed by atoms with Gasteiger partial charge in [0, 0.05) is 9.35 Å². The van der Waals surface area contributed by atoms with Crippen LogP contribution in [0.3, 0.4) is 0 Å². The molecule has 0 saturated carbocycles. The van der Waals surface area contributed by atoms with E-state index in [1.807, 2.05) is 30.3 Å². The van der Waals surface area contributed by atoms with Crippen LogP contribution in [0.5, 0.6) is 0 Å². The van der Waals surface area contributed by atoms with Crippen LogP contribution in [0.4, 0.5) is 0 Å². The van der Waals surface area contributed by atoms with E-state index in [1.165, 1.54) is 23.3 Å². The maximum Gasteiger partial charge on any atom is 0.281 e. The van der Waals surface area contributed by atoms with Gasteiger partial charge in [0.15, 0.2) is 0 Å². The van der Waals surface area contributed by atoms with Gasteiger partial charge >= 0.3 is 0 Å². The molecule has 1 aromatic heterocycles. The number of amides is 1. The van der Waals surface area contributed by atoms with Crippen LogP contribution in [0.15, 0.2) is 39.9 Å². The molecule has 1 aliphatic carbocycles. The Morgan fingerprint density at radius 3 is 2.95 bits per heavy atom. The van der Waals surface area contributed by atoms with E-state index in [0.717, 1.165) is 27.8 Å². The van der Waals surface area contributed by atoms with Gasteiger partial charge in [-0.2, -0.15) is 5.10 Å². The molecule has 1 N–H and O–H groups in total. The predicted molar refractivity (Wildman–Crippen MR) is 90.2 cm³/mol. The van der Waals surface area contributed by atoms with Crippen molar-refractivity contribution < 1.29 is 4.79 Å². The fourth-order valence-corrected chi connectivity index (χ4v) is 3.97. The first-order chi connectivity index (χ1) is 10.2. The van der Waals surface area contributed by atoms with Gasteiger partial charge in [-0.15, -0.1) is 11.3 Å². The van der Waals surface area contributed by atoms with E-state index < -0.39 is 0 Å². The molecule has 3 nitrogen and oxygen atoms in total. The molecule has 1 aromatic carbocycles. The van der Waals surface area contributed by atoms with E-state index >= 15 is 0 Å². The number of fused-ring (bicyclic) bond motifs is 1. The second kappa shape index (κ2) is 6.54. The number of carbonyl (C=O) groups excluding carboxylic acids is 1. The van der Waals surface area contributed by atoms with Crippen LogP contribution in [0, 0.1) is 0 Å². The first-order valence-electron chi connectivity index (χ1n) is 6.93. The molecule has 2 aromatic rings. The Labute approximate surface area is 136 Å². The normalized spacial score (nSPS) is 14.1. The van der Waals surface area contributed by atoms with Gasteiger partial charge in [0.05, 0.1) is 11.1 Å². The fourth-order valence-electron chi connectivity index (χ4n) is 2.41. The van der Waals surface area contributed by atoms with E-state index in [-0.39, 0.29) is 5.91 Å². The zero-order valence-electron chi connectivity index (χ0n) is 11.4. The zero-order valence-corrected chi connectivity index (χ0v) is 13.8. The summed E-state index contributed by atoms with van der Waals surface area (Å²) >= 11 is 5.00. The van der Waals surface area contributed by atoms with Crippen LogP contribution >= 0.6 is 27.3 Å². The van der Waals surface area contributed by atoms with E-state index in [1.54, 1.807) is 17.6 Å². The number of aryl methyl sites for hydroxylation is 2. The van der Waals surface area contributed by atoms with E-state index in [2.05, 4.69) is 26.5 Å². The summed E-state index contributed by atoms with van der Waals surface area (Å²) in [7, 11) is 0. The Morgan fingerprint density at radius 1 is 1.29 bits per heavy atom. The van der Waals surface area contributed by atoms with Gasteiger partial charge in [0.1, 0.15) is 0 Å². The number of rotatable bonds is 3. The molecule has 1 aliphatic rings. The molecule has 1 heterocycles. The molecule has 0 bridgehead atoms. The predicted octanol–water partition coefficient (Wildman–Crippen LogP) is 4.15. The monoisotopic (exact) mass is 362 g/mol. The standard InChI is InChI=1S/C16H15BrN2OS/c17-13-6-3-4-11(8-13)10-18-19-16(20)15-9-12-5-1-2-7-14(12)21-15/h3-4,6,8-10H,1-2,5,7H2,(H,19,20)/b18-10+. The quantitative estimate of drug-likeness (QED) is 0.646. The molecule has 108 valence electrons. The summed E-state index contributed by atoms with van der Waals surface area (Å²) in [5, 5.41) is 4.03. The summed E-state index contributed by atoms with van der Waals surface area (Å²) in [6.07, 6.45) is 6.31. The lowest BCUT2D eigenvalue weighted by Gasteiger charge is -2.08. The van der Waals surface area contributed by atoms with Gasteiger partial charge < -0.3 is 0 Å². The lowest BCUT2D eigenvalue weighted by Crippen LogP contribution is -2.16. The molecule has 1 amide bonds. The number of hydrogen-bond acceptors (Lipinski definition) is 3. The topological polar surface area (TPSA) is 41.5 Å². The van der Waals surface area contributed by atoms with E-state index in [0.29, 0.717) is 0 Å². The van der Waals surface area contributed by atoms with Gasteiger partial charge in [-0.3, -0.25) is 4.79 Å². The van der Waals surface area contributed by atoms with Crippen molar-refractivity contribution in [3.63, 3.8) is 0 Å². The Morgan fingerprint density at radius 2 is 2.14 bits per heavy atom. The number of nitrogens with zero attached hydrogens (tertiary/aromatic N) is 1. The average molecular weight is 363 g/mol. The van der Waals surface area contributed by atoms with Crippen LogP contribution in [-0.4, -0.2) is 12.1 Å². The second-order valence-corrected chi connectivity index (χ2v) is 7.07. The van der Waals surface area contributed by atoms with Gasteiger partial charge in [0.2, 0.25) is 0 Å². The Kier molecular flexibility index (Phi) is 4.51. The van der Waals surface area contributed by atoms with Crippen LogP contribution < -0.4 is 5.43 Å². The number of carbonyl (C=O) groups is 1. The lowest BCUT2D eigenvalue weighted by molar-refractivity contribution is 0.0959. The van der Waals surface area contributed by atoms with Crippen molar-refractivity contribution in [1.29, 1.82) is 0 Å². The summed E-state index contributed by atoms with van der Waals surface area (Å²) in [6, 6.07) is 9.78. The minimum Gasteiger partial charge on any atom is -0.266 e. The number of hydrazone groups is 1. The van der Waals surface area contributed by atoms with Crippen LogP contribution in [-0.2, 0) is 12.8 Å². The number of thiophene rings is 1. The minimum atomic E-state index is -0.124. The molecule has 0 saturated heterocycles. The summed E-state index contributed by atoms with van der Waals surface area (Å²) in [6.45, 7) is 0. The summed E-state index contributed by atoms with van der Waals surface area (Å²) in [5.74, 6) is -0.124. The third-order valence-electron chi connectivity index (χ3n) is 3.45. The largest absolute Gasteiger partial charge is 0.281 e. The molecule has 3 rings (SSSR count). The van der Waals surface area contributed by atoms with Gasteiger partial charge in [-0.05, 0) is 55.0 Å². The van der Waals surface area contributed by atoms with Crippen molar-refractivity contribution in [2.45, 2.75) is 25.7 Å². The molecule has 0 aliphatic heterocycles. The number of hydrogen-bond donors (Lipinski definition) is 1. The highest BCUT2D eigenvalue weighted by molar-refractivity contribution is 9.10. The third-order valence-corrected chi connectivity index (χ3v) is 5.18. The molecule has 5 heteroatoms. The van der Waals surface area contributed by atoms with Gasteiger partial charge in [-0.1, -0.05) is 28.1 Å². The maximum absolute atomic E-state index is 12.1.